The van der Waals surface area contributed by atoms with Crippen LogP contribution in [0.1, 0.15) is 24.8 Å². The number of amides is 1. The highest BCUT2D eigenvalue weighted by Crippen LogP contribution is 2.31. The number of rotatable bonds is 7. The summed E-state index contributed by atoms with van der Waals surface area (Å²) in [5, 5.41) is 2.91. The molecule has 1 unspecified atom stereocenters. The fourth-order valence-corrected chi connectivity index (χ4v) is 2.10. The van der Waals surface area contributed by atoms with Crippen molar-refractivity contribution in [3.63, 3.8) is 0 Å². The monoisotopic (exact) mass is 262 g/mol. The molecule has 2 rings (SSSR count). The number of aryl methyl sites for hydroxylation is 1. The van der Waals surface area contributed by atoms with Gasteiger partial charge in [0.15, 0.2) is 0 Å². The van der Waals surface area contributed by atoms with Gasteiger partial charge >= 0.3 is 0 Å². The lowest BCUT2D eigenvalue weighted by Crippen LogP contribution is -2.38. The number of nitrogens with one attached hydrogen (secondary N) is 1. The van der Waals surface area contributed by atoms with Crippen molar-refractivity contribution in [2.45, 2.75) is 31.7 Å². The Kier molecular flexibility index (Phi) is 4.80. The molecule has 3 N–H and O–H groups in total. The van der Waals surface area contributed by atoms with Gasteiger partial charge in [-0.15, -0.1) is 0 Å². The molecule has 0 bridgehead atoms. The zero-order valence-corrected chi connectivity index (χ0v) is 11.4. The maximum absolute atomic E-state index is 11.7. The summed E-state index contributed by atoms with van der Waals surface area (Å²) >= 11 is 0. The highest BCUT2D eigenvalue weighted by molar-refractivity contribution is 5.76. The first-order valence-corrected chi connectivity index (χ1v) is 6.84. The summed E-state index contributed by atoms with van der Waals surface area (Å²) in [6, 6.07) is 7.93. The van der Waals surface area contributed by atoms with E-state index in [0.717, 1.165) is 17.7 Å². The Hall–Kier alpha value is -1.55. The molecule has 1 aliphatic rings. The predicted octanol–water partition coefficient (Wildman–Crippen LogP) is 1.48. The molecule has 104 valence electrons. The smallest absolute Gasteiger partial charge is 0.220 e. The topological polar surface area (TPSA) is 64.3 Å². The summed E-state index contributed by atoms with van der Waals surface area (Å²) in [7, 11) is 1.64. The third-order valence-corrected chi connectivity index (χ3v) is 3.54. The minimum absolute atomic E-state index is 0.0684. The van der Waals surface area contributed by atoms with Crippen LogP contribution in [0.2, 0.25) is 0 Å². The van der Waals surface area contributed by atoms with Crippen LogP contribution in [0.5, 0.6) is 5.75 Å². The third kappa shape index (κ3) is 4.56. The lowest BCUT2D eigenvalue weighted by atomic mass is 10.1. The first-order chi connectivity index (χ1) is 9.19. The molecule has 1 amide bonds. The summed E-state index contributed by atoms with van der Waals surface area (Å²) in [4.78, 5) is 11.7. The second-order valence-electron chi connectivity index (χ2n) is 5.16. The van der Waals surface area contributed by atoms with E-state index in [-0.39, 0.29) is 11.9 Å². The minimum Gasteiger partial charge on any atom is -0.497 e. The first kappa shape index (κ1) is 13.9. The van der Waals surface area contributed by atoms with Crippen LogP contribution >= 0.6 is 0 Å². The zero-order chi connectivity index (χ0) is 13.7. The van der Waals surface area contributed by atoms with E-state index in [1.165, 1.54) is 12.8 Å². The lowest BCUT2D eigenvalue weighted by Gasteiger charge is -2.11. The Labute approximate surface area is 114 Å². The van der Waals surface area contributed by atoms with Crippen LogP contribution in [0.25, 0.3) is 0 Å². The van der Waals surface area contributed by atoms with E-state index in [0.29, 0.717) is 18.9 Å². The van der Waals surface area contributed by atoms with Crippen molar-refractivity contribution in [3.05, 3.63) is 29.8 Å². The Morgan fingerprint density at radius 1 is 1.53 bits per heavy atom. The number of hydrogen-bond donors (Lipinski definition) is 2. The standard InChI is InChI=1S/C15H22N2O2/c1-19-13-4-2-3-11(9-13)5-8-15(18)17-10-14(16)12-6-7-12/h2-4,9,12,14H,5-8,10,16H2,1H3,(H,17,18). The fraction of sp³-hybridized carbons (Fsp3) is 0.533. The SMILES string of the molecule is COc1cccc(CCC(=O)NCC(N)C2CC2)c1. The van der Waals surface area contributed by atoms with E-state index in [9.17, 15) is 4.79 Å². The molecule has 1 atom stereocenters. The van der Waals surface area contributed by atoms with Crippen LogP contribution in [0.4, 0.5) is 0 Å². The van der Waals surface area contributed by atoms with Gasteiger partial charge in [-0.25, -0.2) is 0 Å². The molecule has 4 heteroatoms. The Balaban J connectivity index is 1.70. The maximum atomic E-state index is 11.7. The molecule has 0 heterocycles. The lowest BCUT2D eigenvalue weighted by molar-refractivity contribution is -0.121. The second-order valence-corrected chi connectivity index (χ2v) is 5.16. The van der Waals surface area contributed by atoms with Gasteiger partial charge in [0.1, 0.15) is 5.75 Å². The van der Waals surface area contributed by atoms with Crippen molar-refractivity contribution >= 4 is 5.91 Å². The van der Waals surface area contributed by atoms with E-state index < -0.39 is 0 Å². The molecule has 0 aliphatic heterocycles. The Morgan fingerprint density at radius 2 is 2.32 bits per heavy atom. The molecule has 0 radical (unpaired) electrons. The van der Waals surface area contributed by atoms with Gasteiger partial charge in [0.05, 0.1) is 7.11 Å². The Bertz CT molecular complexity index is 430. The summed E-state index contributed by atoms with van der Waals surface area (Å²) in [5.74, 6) is 1.52. The summed E-state index contributed by atoms with van der Waals surface area (Å²) in [6.07, 6.45) is 3.63. The van der Waals surface area contributed by atoms with Crippen molar-refractivity contribution in [1.29, 1.82) is 0 Å². The molecule has 0 spiro atoms. The van der Waals surface area contributed by atoms with Gasteiger partial charge < -0.3 is 15.8 Å². The fourth-order valence-electron chi connectivity index (χ4n) is 2.10. The molecule has 1 saturated carbocycles. The second kappa shape index (κ2) is 6.57. The average molecular weight is 262 g/mol. The maximum Gasteiger partial charge on any atom is 0.220 e. The molecular formula is C15H22N2O2. The van der Waals surface area contributed by atoms with Gasteiger partial charge in [-0.1, -0.05) is 12.1 Å². The van der Waals surface area contributed by atoms with Crippen molar-refractivity contribution in [3.8, 4) is 5.75 Å². The number of hydrogen-bond acceptors (Lipinski definition) is 3. The predicted molar refractivity (Wildman–Crippen MR) is 75.0 cm³/mol. The molecular weight excluding hydrogens is 240 g/mol. The van der Waals surface area contributed by atoms with Crippen molar-refractivity contribution < 1.29 is 9.53 Å². The normalized spacial score (nSPS) is 15.9. The van der Waals surface area contributed by atoms with E-state index in [2.05, 4.69) is 5.32 Å². The van der Waals surface area contributed by atoms with Gasteiger partial charge in [-0.2, -0.15) is 0 Å². The van der Waals surface area contributed by atoms with Crippen LogP contribution < -0.4 is 15.8 Å². The zero-order valence-electron chi connectivity index (χ0n) is 11.4. The van der Waals surface area contributed by atoms with Gasteiger partial charge in [-0.3, -0.25) is 4.79 Å². The number of carbonyl (C=O) groups is 1. The van der Waals surface area contributed by atoms with Crippen LogP contribution in [0, 0.1) is 5.92 Å². The first-order valence-electron chi connectivity index (χ1n) is 6.84. The van der Waals surface area contributed by atoms with Gasteiger partial charge in [0, 0.05) is 19.0 Å². The van der Waals surface area contributed by atoms with E-state index in [4.69, 9.17) is 10.5 Å². The highest BCUT2D eigenvalue weighted by atomic mass is 16.5. The number of carbonyl (C=O) groups excluding carboxylic acids is 1. The molecule has 1 fully saturated rings. The molecule has 0 aromatic heterocycles. The molecule has 1 aromatic carbocycles. The van der Waals surface area contributed by atoms with E-state index in [1.807, 2.05) is 24.3 Å². The summed E-state index contributed by atoms with van der Waals surface area (Å²) in [6.45, 7) is 0.599. The van der Waals surface area contributed by atoms with E-state index in [1.54, 1.807) is 7.11 Å². The third-order valence-electron chi connectivity index (χ3n) is 3.54. The van der Waals surface area contributed by atoms with Crippen molar-refractivity contribution in [2.75, 3.05) is 13.7 Å². The Morgan fingerprint density at radius 3 is 3.00 bits per heavy atom. The van der Waals surface area contributed by atoms with Gasteiger partial charge in [0.25, 0.3) is 0 Å². The largest absolute Gasteiger partial charge is 0.497 e. The van der Waals surface area contributed by atoms with Gasteiger partial charge in [0.2, 0.25) is 5.91 Å². The summed E-state index contributed by atoms with van der Waals surface area (Å²) in [5.41, 5.74) is 7.05. The average Bonchev–Trinajstić information content (AvgIpc) is 3.27. The molecule has 4 nitrogen and oxygen atoms in total. The number of nitrogens with two attached hydrogens (primary N) is 1. The van der Waals surface area contributed by atoms with Crippen molar-refractivity contribution in [2.24, 2.45) is 11.7 Å². The van der Waals surface area contributed by atoms with Crippen LogP contribution in [-0.2, 0) is 11.2 Å². The quantitative estimate of drug-likeness (QED) is 0.782. The number of benzene rings is 1. The van der Waals surface area contributed by atoms with E-state index >= 15 is 0 Å². The minimum atomic E-state index is 0.0684. The molecule has 1 aromatic rings. The highest BCUT2D eigenvalue weighted by Gasteiger charge is 2.28. The number of ether oxygens (including phenoxy) is 1. The summed E-state index contributed by atoms with van der Waals surface area (Å²) < 4.78 is 5.16. The van der Waals surface area contributed by atoms with Gasteiger partial charge in [-0.05, 0) is 42.9 Å². The molecule has 19 heavy (non-hydrogen) atoms. The van der Waals surface area contributed by atoms with Crippen molar-refractivity contribution in [1.82, 2.24) is 5.32 Å². The van der Waals surface area contributed by atoms with Crippen LogP contribution in [0.3, 0.4) is 0 Å². The van der Waals surface area contributed by atoms with Crippen LogP contribution in [-0.4, -0.2) is 25.6 Å². The number of methoxy groups -OCH3 is 1. The van der Waals surface area contributed by atoms with Crippen LogP contribution in [0.15, 0.2) is 24.3 Å². The molecule has 0 saturated heterocycles. The molecule has 1 aliphatic carbocycles.